The van der Waals surface area contributed by atoms with E-state index < -0.39 is 0 Å². The number of hydrogen-bond donors (Lipinski definition) is 0. The molecular weight excluding hydrogens is 260 g/mol. The molecular formula is C16H17ClO2. The Hall–Kier alpha value is -1.67. The lowest BCUT2D eigenvalue weighted by molar-refractivity contribution is 0.269. The molecule has 100 valence electrons. The van der Waals surface area contributed by atoms with E-state index in [1.54, 1.807) is 0 Å². The quantitative estimate of drug-likeness (QED) is 0.728. The smallest absolute Gasteiger partial charge is 0.161 e. The zero-order chi connectivity index (χ0) is 13.5. The molecule has 19 heavy (non-hydrogen) atoms. The SMILES string of the molecule is CCOc1ccc(CCl)cc1OCc1ccccc1. The lowest BCUT2D eigenvalue weighted by atomic mass is 10.2. The topological polar surface area (TPSA) is 18.5 Å². The Balaban J connectivity index is 2.12. The summed E-state index contributed by atoms with van der Waals surface area (Å²) in [6, 6.07) is 15.8. The van der Waals surface area contributed by atoms with E-state index >= 15 is 0 Å². The first-order valence-corrected chi connectivity index (χ1v) is 6.85. The highest BCUT2D eigenvalue weighted by atomic mass is 35.5. The van der Waals surface area contributed by atoms with Crippen molar-refractivity contribution in [3.05, 3.63) is 59.7 Å². The third-order valence-electron chi connectivity index (χ3n) is 2.70. The molecule has 0 amide bonds. The van der Waals surface area contributed by atoms with Crippen LogP contribution in [0.5, 0.6) is 11.5 Å². The fourth-order valence-electron chi connectivity index (χ4n) is 1.76. The second-order valence-corrected chi connectivity index (χ2v) is 4.39. The van der Waals surface area contributed by atoms with Crippen LogP contribution in [0.25, 0.3) is 0 Å². The summed E-state index contributed by atoms with van der Waals surface area (Å²) in [6.07, 6.45) is 0. The molecule has 0 N–H and O–H groups in total. The minimum absolute atomic E-state index is 0.466. The minimum atomic E-state index is 0.466. The Kier molecular flexibility index (Phi) is 5.10. The number of halogens is 1. The van der Waals surface area contributed by atoms with Crippen LogP contribution in [-0.4, -0.2) is 6.61 Å². The highest BCUT2D eigenvalue weighted by Crippen LogP contribution is 2.29. The molecule has 0 aromatic heterocycles. The first-order valence-electron chi connectivity index (χ1n) is 6.32. The van der Waals surface area contributed by atoms with Crippen LogP contribution < -0.4 is 9.47 Å². The van der Waals surface area contributed by atoms with Gasteiger partial charge in [0.15, 0.2) is 11.5 Å². The van der Waals surface area contributed by atoms with Crippen LogP contribution in [0.1, 0.15) is 18.1 Å². The van der Waals surface area contributed by atoms with Crippen LogP contribution >= 0.6 is 11.6 Å². The largest absolute Gasteiger partial charge is 0.490 e. The Morgan fingerprint density at radius 1 is 0.895 bits per heavy atom. The minimum Gasteiger partial charge on any atom is -0.490 e. The lowest BCUT2D eigenvalue weighted by Crippen LogP contribution is -2.00. The van der Waals surface area contributed by atoms with Crippen molar-refractivity contribution in [1.29, 1.82) is 0 Å². The molecule has 0 unspecified atom stereocenters. The van der Waals surface area contributed by atoms with E-state index in [0.717, 1.165) is 22.6 Å². The number of ether oxygens (including phenoxy) is 2. The molecule has 2 aromatic rings. The molecule has 2 aromatic carbocycles. The van der Waals surface area contributed by atoms with Crippen LogP contribution in [0.15, 0.2) is 48.5 Å². The maximum Gasteiger partial charge on any atom is 0.161 e. The number of alkyl halides is 1. The first kappa shape index (κ1) is 13.8. The van der Waals surface area contributed by atoms with Crippen molar-refractivity contribution in [3.8, 4) is 11.5 Å². The van der Waals surface area contributed by atoms with E-state index in [-0.39, 0.29) is 0 Å². The van der Waals surface area contributed by atoms with Crippen molar-refractivity contribution in [2.24, 2.45) is 0 Å². The van der Waals surface area contributed by atoms with Crippen LogP contribution in [0, 0.1) is 0 Å². The van der Waals surface area contributed by atoms with Crippen molar-refractivity contribution in [2.45, 2.75) is 19.4 Å². The van der Waals surface area contributed by atoms with Gasteiger partial charge in [-0.25, -0.2) is 0 Å². The summed E-state index contributed by atoms with van der Waals surface area (Å²) in [5.41, 5.74) is 2.15. The first-order chi connectivity index (χ1) is 9.33. The van der Waals surface area contributed by atoms with E-state index in [9.17, 15) is 0 Å². The van der Waals surface area contributed by atoms with Crippen LogP contribution in [0.3, 0.4) is 0 Å². The molecule has 0 aliphatic heterocycles. The van der Waals surface area contributed by atoms with Gasteiger partial charge in [-0.15, -0.1) is 11.6 Å². The normalized spacial score (nSPS) is 10.2. The second kappa shape index (κ2) is 7.05. The fraction of sp³-hybridized carbons (Fsp3) is 0.250. The van der Waals surface area contributed by atoms with Gasteiger partial charge in [0.2, 0.25) is 0 Å². The predicted molar refractivity (Wildman–Crippen MR) is 77.9 cm³/mol. The zero-order valence-corrected chi connectivity index (χ0v) is 11.7. The Bertz CT molecular complexity index is 511. The van der Waals surface area contributed by atoms with Crippen LogP contribution in [0.2, 0.25) is 0 Å². The summed E-state index contributed by atoms with van der Waals surface area (Å²) in [7, 11) is 0. The summed E-state index contributed by atoms with van der Waals surface area (Å²) in [5.74, 6) is 1.96. The van der Waals surface area contributed by atoms with Gasteiger partial charge in [-0.05, 0) is 30.2 Å². The van der Waals surface area contributed by atoms with Gasteiger partial charge in [-0.2, -0.15) is 0 Å². The fourth-order valence-corrected chi connectivity index (χ4v) is 1.92. The average Bonchev–Trinajstić information content (AvgIpc) is 2.47. The van der Waals surface area contributed by atoms with Crippen LogP contribution in [-0.2, 0) is 12.5 Å². The molecule has 3 heteroatoms. The Morgan fingerprint density at radius 3 is 2.37 bits per heavy atom. The molecule has 0 saturated carbocycles. The summed E-state index contributed by atoms with van der Waals surface area (Å²) in [4.78, 5) is 0. The molecule has 0 radical (unpaired) electrons. The highest BCUT2D eigenvalue weighted by Gasteiger charge is 2.06. The molecule has 0 heterocycles. The molecule has 0 aliphatic rings. The van der Waals surface area contributed by atoms with Crippen molar-refractivity contribution < 1.29 is 9.47 Å². The lowest BCUT2D eigenvalue weighted by Gasteiger charge is -2.13. The maximum absolute atomic E-state index is 5.85. The van der Waals surface area contributed by atoms with E-state index in [1.807, 2.05) is 55.5 Å². The molecule has 0 saturated heterocycles. The standard InChI is InChI=1S/C16H17ClO2/c1-2-18-15-9-8-14(11-17)10-16(15)19-12-13-6-4-3-5-7-13/h3-10H,2,11-12H2,1H3. The average molecular weight is 277 g/mol. The van der Waals surface area contributed by atoms with Gasteiger partial charge in [0.1, 0.15) is 6.61 Å². The molecule has 0 spiro atoms. The molecule has 0 fully saturated rings. The van der Waals surface area contributed by atoms with E-state index in [1.165, 1.54) is 0 Å². The van der Waals surface area contributed by atoms with E-state index in [2.05, 4.69) is 0 Å². The van der Waals surface area contributed by atoms with Crippen molar-refractivity contribution >= 4 is 11.6 Å². The summed E-state index contributed by atoms with van der Waals surface area (Å²) in [5, 5.41) is 0. The summed E-state index contributed by atoms with van der Waals surface area (Å²) in [6.45, 7) is 3.09. The van der Waals surface area contributed by atoms with Crippen LogP contribution in [0.4, 0.5) is 0 Å². The number of rotatable bonds is 6. The van der Waals surface area contributed by atoms with Gasteiger partial charge in [-0.3, -0.25) is 0 Å². The van der Waals surface area contributed by atoms with Gasteiger partial charge in [0, 0.05) is 5.88 Å². The summed E-state index contributed by atoms with van der Waals surface area (Å²) < 4.78 is 11.4. The Morgan fingerprint density at radius 2 is 1.68 bits per heavy atom. The van der Waals surface area contributed by atoms with Crippen molar-refractivity contribution in [2.75, 3.05) is 6.61 Å². The zero-order valence-electron chi connectivity index (χ0n) is 10.9. The second-order valence-electron chi connectivity index (χ2n) is 4.12. The highest BCUT2D eigenvalue weighted by molar-refractivity contribution is 6.17. The molecule has 0 aliphatic carbocycles. The number of benzene rings is 2. The van der Waals surface area contributed by atoms with Gasteiger partial charge in [-0.1, -0.05) is 36.4 Å². The monoisotopic (exact) mass is 276 g/mol. The van der Waals surface area contributed by atoms with Gasteiger partial charge >= 0.3 is 0 Å². The molecule has 2 nitrogen and oxygen atoms in total. The molecule has 0 bridgehead atoms. The Labute approximate surface area is 118 Å². The maximum atomic E-state index is 5.85. The van der Waals surface area contributed by atoms with Gasteiger partial charge in [0.05, 0.1) is 6.61 Å². The van der Waals surface area contributed by atoms with E-state index in [4.69, 9.17) is 21.1 Å². The van der Waals surface area contributed by atoms with Gasteiger partial charge in [0.25, 0.3) is 0 Å². The van der Waals surface area contributed by atoms with Crippen molar-refractivity contribution in [1.82, 2.24) is 0 Å². The molecule has 2 rings (SSSR count). The van der Waals surface area contributed by atoms with Crippen molar-refractivity contribution in [3.63, 3.8) is 0 Å². The van der Waals surface area contributed by atoms with Gasteiger partial charge < -0.3 is 9.47 Å². The third-order valence-corrected chi connectivity index (χ3v) is 3.01. The predicted octanol–water partition coefficient (Wildman–Crippen LogP) is 4.40. The molecule has 0 atom stereocenters. The third kappa shape index (κ3) is 3.90. The number of hydrogen-bond acceptors (Lipinski definition) is 2. The summed E-state index contributed by atoms with van der Waals surface area (Å²) >= 11 is 5.85. The van der Waals surface area contributed by atoms with E-state index in [0.29, 0.717) is 19.1 Å².